The van der Waals surface area contributed by atoms with E-state index in [0.29, 0.717) is 16.9 Å². The van der Waals surface area contributed by atoms with E-state index < -0.39 is 6.09 Å². The van der Waals surface area contributed by atoms with E-state index in [1.807, 2.05) is 73.6 Å². The second-order valence-electron chi connectivity index (χ2n) is 7.27. The van der Waals surface area contributed by atoms with E-state index in [2.05, 4.69) is 31.2 Å². The van der Waals surface area contributed by atoms with Crippen LogP contribution in [0, 0.1) is 0 Å². The van der Waals surface area contributed by atoms with Gasteiger partial charge in [-0.3, -0.25) is 5.32 Å². The number of pyridine rings is 1. The lowest BCUT2D eigenvalue weighted by Gasteiger charge is -2.15. The van der Waals surface area contributed by atoms with Crippen molar-refractivity contribution >= 4 is 44.6 Å². The first-order valence-corrected chi connectivity index (χ1v) is 10.9. The highest BCUT2D eigenvalue weighted by Gasteiger charge is 2.17. The van der Waals surface area contributed by atoms with Crippen LogP contribution in [0.25, 0.3) is 33.4 Å². The molecule has 4 aromatic rings. The number of ether oxygens (including phenoxy) is 1. The van der Waals surface area contributed by atoms with Gasteiger partial charge in [-0.05, 0) is 48.4 Å². The minimum atomic E-state index is -0.573. The molecule has 8 heteroatoms. The van der Waals surface area contributed by atoms with Gasteiger partial charge in [-0.1, -0.05) is 40.2 Å². The Kier molecular flexibility index (Phi) is 6.32. The Morgan fingerprint density at radius 3 is 2.53 bits per heavy atom. The number of amides is 1. The lowest BCUT2D eigenvalue weighted by atomic mass is 9.99. The number of nitrogens with one attached hydrogen (secondary N) is 1. The minimum absolute atomic E-state index is 0.263. The summed E-state index contributed by atoms with van der Waals surface area (Å²) in [7, 11) is 4.01. The summed E-state index contributed by atoms with van der Waals surface area (Å²) in [6, 6.07) is 18.1. The molecule has 0 saturated carbocycles. The Hall–Kier alpha value is -3.52. The van der Waals surface area contributed by atoms with Gasteiger partial charge in [0, 0.05) is 29.8 Å². The lowest BCUT2D eigenvalue weighted by Crippen LogP contribution is -2.15. The molecule has 7 nitrogen and oxygen atoms in total. The largest absolute Gasteiger partial charge is 0.450 e. The standard InChI is InChI=1S/C24H22BrN5O2/c1-4-32-24(31)29-23-21-19(16-6-5-7-17(25)12-16)13-20(28-22(21)26-14-27-23)15-8-10-18(11-9-15)30(2)3/h5-14H,4H2,1-3H3,(H,26,27,28,29,31). The first-order valence-electron chi connectivity index (χ1n) is 10.1. The monoisotopic (exact) mass is 491 g/mol. The zero-order chi connectivity index (χ0) is 22.7. The predicted octanol–water partition coefficient (Wildman–Crippen LogP) is 5.76. The molecule has 4 rings (SSSR count). The maximum absolute atomic E-state index is 12.1. The third kappa shape index (κ3) is 4.55. The fraction of sp³-hybridized carbons (Fsp3) is 0.167. The van der Waals surface area contributed by atoms with Crippen LogP contribution < -0.4 is 10.2 Å². The number of benzene rings is 2. The maximum atomic E-state index is 12.1. The van der Waals surface area contributed by atoms with Crippen LogP contribution in [0.2, 0.25) is 0 Å². The van der Waals surface area contributed by atoms with E-state index in [0.717, 1.165) is 32.5 Å². The summed E-state index contributed by atoms with van der Waals surface area (Å²) in [5.41, 5.74) is 5.13. The van der Waals surface area contributed by atoms with Gasteiger partial charge < -0.3 is 9.64 Å². The van der Waals surface area contributed by atoms with E-state index in [1.165, 1.54) is 6.33 Å². The highest BCUT2D eigenvalue weighted by Crippen LogP contribution is 2.35. The van der Waals surface area contributed by atoms with Crippen LogP contribution in [-0.4, -0.2) is 41.7 Å². The molecular weight excluding hydrogens is 470 g/mol. The smallest absolute Gasteiger partial charge is 0.412 e. The van der Waals surface area contributed by atoms with Gasteiger partial charge in [0.2, 0.25) is 0 Å². The van der Waals surface area contributed by atoms with Gasteiger partial charge in [0.15, 0.2) is 5.65 Å². The predicted molar refractivity (Wildman–Crippen MR) is 131 cm³/mol. The average molecular weight is 492 g/mol. The molecule has 2 heterocycles. The van der Waals surface area contributed by atoms with Gasteiger partial charge in [-0.25, -0.2) is 19.7 Å². The Balaban J connectivity index is 1.92. The summed E-state index contributed by atoms with van der Waals surface area (Å²) in [5.74, 6) is 0.352. The number of carbonyl (C=O) groups is 1. The number of nitrogens with zero attached hydrogens (tertiary/aromatic N) is 4. The van der Waals surface area contributed by atoms with Crippen LogP contribution in [0.4, 0.5) is 16.3 Å². The first kappa shape index (κ1) is 21.7. The van der Waals surface area contributed by atoms with E-state index in [9.17, 15) is 4.79 Å². The zero-order valence-corrected chi connectivity index (χ0v) is 19.5. The zero-order valence-electron chi connectivity index (χ0n) is 18.0. The number of halogens is 1. The summed E-state index contributed by atoms with van der Waals surface area (Å²) < 4.78 is 5.98. The quantitative estimate of drug-likeness (QED) is 0.382. The molecule has 1 amide bonds. The number of aromatic nitrogens is 3. The highest BCUT2D eigenvalue weighted by molar-refractivity contribution is 9.10. The molecule has 162 valence electrons. The van der Waals surface area contributed by atoms with Crippen LogP contribution in [-0.2, 0) is 4.74 Å². The third-order valence-corrected chi connectivity index (χ3v) is 5.41. The molecule has 0 atom stereocenters. The SMILES string of the molecule is CCOC(=O)Nc1ncnc2nc(-c3ccc(N(C)C)cc3)cc(-c3cccc(Br)c3)c12. The van der Waals surface area contributed by atoms with Crippen LogP contribution in [0.5, 0.6) is 0 Å². The van der Waals surface area contributed by atoms with E-state index in [1.54, 1.807) is 6.92 Å². The van der Waals surface area contributed by atoms with Crippen molar-refractivity contribution < 1.29 is 9.53 Å². The normalized spacial score (nSPS) is 10.8. The van der Waals surface area contributed by atoms with Crippen molar-refractivity contribution in [3.05, 3.63) is 65.4 Å². The highest BCUT2D eigenvalue weighted by atomic mass is 79.9. The fourth-order valence-corrected chi connectivity index (χ4v) is 3.78. The van der Waals surface area contributed by atoms with Crippen molar-refractivity contribution in [2.75, 3.05) is 30.9 Å². The summed E-state index contributed by atoms with van der Waals surface area (Å²) in [4.78, 5) is 27.6. The minimum Gasteiger partial charge on any atom is -0.450 e. The Morgan fingerprint density at radius 2 is 1.84 bits per heavy atom. The number of rotatable bonds is 5. The van der Waals surface area contributed by atoms with E-state index in [4.69, 9.17) is 9.72 Å². The van der Waals surface area contributed by atoms with E-state index >= 15 is 0 Å². The van der Waals surface area contributed by atoms with Gasteiger partial charge >= 0.3 is 6.09 Å². The maximum Gasteiger partial charge on any atom is 0.412 e. The first-order chi connectivity index (χ1) is 15.5. The van der Waals surface area contributed by atoms with Gasteiger partial charge in [-0.15, -0.1) is 0 Å². The second-order valence-corrected chi connectivity index (χ2v) is 8.19. The van der Waals surface area contributed by atoms with Crippen molar-refractivity contribution in [3.63, 3.8) is 0 Å². The van der Waals surface area contributed by atoms with Gasteiger partial charge in [0.1, 0.15) is 12.1 Å². The molecule has 0 aliphatic heterocycles. The molecule has 0 saturated heterocycles. The Morgan fingerprint density at radius 1 is 1.06 bits per heavy atom. The van der Waals surface area contributed by atoms with Crippen molar-refractivity contribution in [3.8, 4) is 22.4 Å². The topological polar surface area (TPSA) is 80.2 Å². The Labute approximate surface area is 194 Å². The van der Waals surface area contributed by atoms with Gasteiger partial charge in [0.05, 0.1) is 17.7 Å². The van der Waals surface area contributed by atoms with Crippen LogP contribution >= 0.6 is 15.9 Å². The van der Waals surface area contributed by atoms with Crippen LogP contribution in [0.1, 0.15) is 6.92 Å². The number of anilines is 2. The van der Waals surface area contributed by atoms with Crippen molar-refractivity contribution in [1.82, 2.24) is 15.0 Å². The summed E-state index contributed by atoms with van der Waals surface area (Å²) in [5, 5.41) is 3.37. The average Bonchev–Trinajstić information content (AvgIpc) is 2.78. The molecule has 0 aliphatic rings. The lowest BCUT2D eigenvalue weighted by molar-refractivity contribution is 0.168. The second kappa shape index (κ2) is 9.32. The molecule has 0 radical (unpaired) electrons. The summed E-state index contributed by atoms with van der Waals surface area (Å²) >= 11 is 3.55. The molecule has 2 aromatic carbocycles. The fourth-order valence-electron chi connectivity index (χ4n) is 3.38. The molecule has 0 aliphatic carbocycles. The van der Waals surface area contributed by atoms with Gasteiger partial charge in [0.25, 0.3) is 0 Å². The number of hydrogen-bond donors (Lipinski definition) is 1. The molecule has 0 unspecified atom stereocenters. The van der Waals surface area contributed by atoms with Gasteiger partial charge in [-0.2, -0.15) is 0 Å². The summed E-state index contributed by atoms with van der Waals surface area (Å²) in [6.45, 7) is 2.01. The molecule has 0 fully saturated rings. The molecule has 0 bridgehead atoms. The molecular formula is C24H22BrN5O2. The molecule has 2 aromatic heterocycles. The van der Waals surface area contributed by atoms with Crippen molar-refractivity contribution in [1.29, 1.82) is 0 Å². The molecule has 0 spiro atoms. The Bertz CT molecular complexity index is 1280. The molecule has 32 heavy (non-hydrogen) atoms. The number of hydrogen-bond acceptors (Lipinski definition) is 6. The number of carbonyl (C=O) groups excluding carboxylic acids is 1. The van der Waals surface area contributed by atoms with Crippen molar-refractivity contribution in [2.45, 2.75) is 6.92 Å². The molecule has 1 N–H and O–H groups in total. The van der Waals surface area contributed by atoms with E-state index in [-0.39, 0.29) is 6.61 Å². The van der Waals surface area contributed by atoms with Crippen molar-refractivity contribution in [2.24, 2.45) is 0 Å². The number of fused-ring (bicyclic) bond motifs is 1. The summed E-state index contributed by atoms with van der Waals surface area (Å²) in [6.07, 6.45) is 0.816. The third-order valence-electron chi connectivity index (χ3n) is 4.91. The van der Waals surface area contributed by atoms with Crippen LogP contribution in [0.3, 0.4) is 0 Å². The van der Waals surface area contributed by atoms with Crippen LogP contribution in [0.15, 0.2) is 65.4 Å².